The maximum absolute atomic E-state index is 4.29. The van der Waals surface area contributed by atoms with Gasteiger partial charge in [0.2, 0.25) is 0 Å². The molecular weight excluding hydrogens is 133 g/mol. The van der Waals surface area contributed by atoms with Gasteiger partial charge in [-0.15, -0.1) is 11.3 Å². The third-order valence-electron chi connectivity index (χ3n) is 1.14. The van der Waals surface area contributed by atoms with E-state index >= 15 is 0 Å². The molecule has 0 N–H and O–H groups in total. The van der Waals surface area contributed by atoms with Gasteiger partial charge in [-0.25, -0.2) is 0 Å². The summed E-state index contributed by atoms with van der Waals surface area (Å²) >= 11 is 2.92. The van der Waals surface area contributed by atoms with E-state index in [9.17, 15) is 0 Å². The van der Waals surface area contributed by atoms with Gasteiger partial charge in [-0.2, -0.15) is 0 Å². The molecule has 0 fully saturated rings. The van der Waals surface area contributed by atoms with Gasteiger partial charge >= 0.3 is 16.3 Å². The number of nitrogens with zero attached hydrogens (tertiary/aromatic N) is 1. The molecule has 42 valence electrons. The highest BCUT2D eigenvalue weighted by Gasteiger charge is 1.95. The minimum Gasteiger partial charge on any atom is -0.266 e. The molecule has 0 aliphatic rings. The van der Waals surface area contributed by atoms with E-state index in [4.69, 9.17) is 0 Å². The lowest BCUT2D eigenvalue weighted by atomic mass is 10.4. The molecule has 0 saturated heterocycles. The molecule has 1 heterocycles. The molecule has 1 rings (SSSR count). The quantitative estimate of drug-likeness (QED) is 0.464. The zero-order valence-corrected chi connectivity index (χ0v) is 8.17. The molecule has 0 saturated carbocycles. The fourth-order valence-corrected chi connectivity index (χ4v) is 2.71. The lowest BCUT2D eigenvalue weighted by Gasteiger charge is -1.78. The number of aryl methyl sites for hydroxylation is 2. The van der Waals surface area contributed by atoms with Gasteiger partial charge in [-0.05, 0) is 13.8 Å². The fraction of sp³-hybridized carbons (Fsp3) is 0.400. The van der Waals surface area contributed by atoms with Crippen LogP contribution in [0.5, 0.6) is 0 Å². The minimum absolute atomic E-state index is 1.10. The summed E-state index contributed by atoms with van der Waals surface area (Å²) < 4.78 is 1.31. The summed E-state index contributed by atoms with van der Waals surface area (Å²) in [5, 5.41) is 0. The van der Waals surface area contributed by atoms with Crippen LogP contribution in [0, 0.1) is 13.8 Å². The molecule has 0 aromatic carbocycles. The van der Waals surface area contributed by atoms with Crippen molar-refractivity contribution in [3.05, 3.63) is 10.6 Å². The van der Waals surface area contributed by atoms with Gasteiger partial charge in [0.25, 0.3) is 0 Å². The van der Waals surface area contributed by atoms with Crippen LogP contribution >= 0.6 is 11.3 Å². The minimum atomic E-state index is 1.10. The van der Waals surface area contributed by atoms with Crippen LogP contribution in [0.25, 0.3) is 0 Å². The Hall–Kier alpha value is 0.162. The number of rotatable bonds is 0. The van der Waals surface area contributed by atoms with Crippen molar-refractivity contribution in [2.45, 2.75) is 13.8 Å². The van der Waals surface area contributed by atoms with Crippen molar-refractivity contribution >= 4 is 31.5 Å². The van der Waals surface area contributed by atoms with Gasteiger partial charge in [0.15, 0.2) is 0 Å². The van der Waals surface area contributed by atoms with Gasteiger partial charge in [-0.3, -0.25) is 4.98 Å². The average molecular weight is 141 g/mol. The molecule has 3 heteroatoms. The monoisotopic (exact) mass is 141 g/mol. The summed E-state index contributed by atoms with van der Waals surface area (Å²) in [5.41, 5.74) is 1.21. The average Bonchev–Trinajstić information content (AvgIpc) is 1.85. The van der Waals surface area contributed by atoms with Crippen LogP contribution in [0.3, 0.4) is 0 Å². The summed E-state index contributed by atoms with van der Waals surface area (Å²) in [6.45, 7) is 4.18. The Morgan fingerprint density at radius 2 is 2.12 bits per heavy atom. The second-order valence-electron chi connectivity index (χ2n) is 1.87. The number of hydrogen-bond donors (Lipinski definition) is 0. The molecule has 0 radical (unpaired) electrons. The molecule has 0 spiro atoms. The van der Waals surface area contributed by atoms with Crippen LogP contribution in [0.2, 0.25) is 0 Å². The first kappa shape index (κ1) is 6.28. The van der Waals surface area contributed by atoms with Crippen LogP contribution in [0.4, 0.5) is 0 Å². The van der Waals surface area contributed by atoms with Crippen molar-refractivity contribution in [1.29, 1.82) is 0 Å². The first-order valence-electron chi connectivity index (χ1n) is 2.61. The molecule has 0 aliphatic carbocycles. The second kappa shape index (κ2) is 2.18. The number of thiazole rings is 1. The smallest absolute Gasteiger partial charge is 0.266 e. The van der Waals surface area contributed by atoms with E-state index in [1.165, 1.54) is 14.4 Å². The molecule has 0 aliphatic heterocycles. The van der Waals surface area contributed by atoms with Crippen LogP contribution in [0.15, 0.2) is 0 Å². The summed E-state index contributed by atoms with van der Waals surface area (Å²) in [6.07, 6.45) is 0. The molecule has 1 aromatic heterocycles. The van der Waals surface area contributed by atoms with Crippen molar-refractivity contribution in [2.24, 2.45) is 0 Å². The van der Waals surface area contributed by atoms with Gasteiger partial charge in [0.05, 0.1) is 0 Å². The largest absolute Gasteiger partial charge is 0.307 e. The fourth-order valence-electron chi connectivity index (χ4n) is 0.633. The molecule has 1 aromatic rings. The molecule has 0 amide bonds. The third-order valence-corrected chi connectivity index (χ3v) is 2.96. The standard InChI is InChI=1S/C5H6NS.Al.2H/c1-4-5(2)7-3-6-4;;;/h1-2H3;;;. The molecule has 8 heavy (non-hydrogen) atoms. The summed E-state index contributed by atoms with van der Waals surface area (Å²) in [5.74, 6) is 0. The molecule has 0 bridgehead atoms. The van der Waals surface area contributed by atoms with Crippen molar-refractivity contribution in [1.82, 2.24) is 4.98 Å². The predicted octanol–water partition coefficient (Wildman–Crippen LogP) is 0.0183. The second-order valence-corrected chi connectivity index (χ2v) is 4.95. The number of aromatic nitrogens is 1. The zero-order chi connectivity index (χ0) is 6.15. The van der Waals surface area contributed by atoms with Gasteiger partial charge in [0.1, 0.15) is 0 Å². The Balaban J connectivity index is 3.14. The first-order valence-corrected chi connectivity index (χ1v) is 4.42. The number of hydrogen-bond acceptors (Lipinski definition) is 2. The normalized spacial score (nSPS) is 9.75. The Morgan fingerprint density at radius 3 is 2.25 bits per heavy atom. The van der Waals surface area contributed by atoms with E-state index in [1.54, 1.807) is 0 Å². The predicted molar refractivity (Wildman–Crippen MR) is 39.8 cm³/mol. The van der Waals surface area contributed by atoms with Crippen molar-refractivity contribution in [3.63, 3.8) is 0 Å². The lowest BCUT2D eigenvalue weighted by Crippen LogP contribution is -1.97. The Bertz CT molecular complexity index is 175. The lowest BCUT2D eigenvalue weighted by molar-refractivity contribution is 1.25. The van der Waals surface area contributed by atoms with Crippen molar-refractivity contribution in [3.8, 4) is 0 Å². The topological polar surface area (TPSA) is 12.9 Å². The zero-order valence-electron chi connectivity index (χ0n) is 5.36. The third kappa shape index (κ3) is 1.11. The Labute approximate surface area is 61.2 Å². The molecule has 0 unspecified atom stereocenters. The van der Waals surface area contributed by atoms with Crippen LogP contribution in [-0.2, 0) is 0 Å². The Morgan fingerprint density at radius 1 is 1.50 bits per heavy atom. The van der Waals surface area contributed by atoms with Crippen molar-refractivity contribution in [2.75, 3.05) is 0 Å². The van der Waals surface area contributed by atoms with E-state index in [0.29, 0.717) is 0 Å². The molecule has 0 atom stereocenters. The van der Waals surface area contributed by atoms with Gasteiger partial charge < -0.3 is 0 Å². The highest BCUT2D eigenvalue weighted by atomic mass is 32.1. The maximum Gasteiger partial charge on any atom is 0.307 e. The summed E-state index contributed by atoms with van der Waals surface area (Å²) in [6, 6.07) is 0. The van der Waals surface area contributed by atoms with E-state index < -0.39 is 0 Å². The highest BCUT2D eigenvalue weighted by Crippen LogP contribution is 2.05. The first-order chi connectivity index (χ1) is 3.70. The van der Waals surface area contributed by atoms with Gasteiger partial charge in [-0.1, -0.05) is 0 Å². The van der Waals surface area contributed by atoms with E-state index in [0.717, 1.165) is 16.3 Å². The Kier molecular flexibility index (Phi) is 1.72. The summed E-state index contributed by atoms with van der Waals surface area (Å²) in [4.78, 5) is 5.66. The van der Waals surface area contributed by atoms with Crippen LogP contribution in [0.1, 0.15) is 10.6 Å². The van der Waals surface area contributed by atoms with Crippen molar-refractivity contribution < 1.29 is 0 Å². The van der Waals surface area contributed by atoms with E-state index in [2.05, 4.69) is 18.8 Å². The summed E-state index contributed by atoms with van der Waals surface area (Å²) in [7, 11) is 0. The van der Waals surface area contributed by atoms with E-state index in [1.807, 2.05) is 11.3 Å². The molecule has 1 nitrogen and oxygen atoms in total. The molecular formula is C5H8AlNS. The maximum atomic E-state index is 4.29. The highest BCUT2D eigenvalue weighted by molar-refractivity contribution is 7.19. The van der Waals surface area contributed by atoms with Crippen LogP contribution < -0.4 is 3.87 Å². The van der Waals surface area contributed by atoms with Gasteiger partial charge in [0, 0.05) is 14.4 Å². The van der Waals surface area contributed by atoms with E-state index in [-0.39, 0.29) is 0 Å². The SMILES string of the molecule is Cc1n[c]([AlH2])sc1C. The van der Waals surface area contributed by atoms with Crippen LogP contribution in [-0.4, -0.2) is 21.3 Å².